The monoisotopic (exact) mass is 211 g/mol. The third kappa shape index (κ3) is 2.39. The fraction of sp³-hybridized carbons (Fsp3) is 0.250. The van der Waals surface area contributed by atoms with Crippen LogP contribution in [0.1, 0.15) is 12.5 Å². The number of nitrogens with zero attached hydrogens (tertiary/aromatic N) is 2. The van der Waals surface area contributed by atoms with Gasteiger partial charge in [-0.3, -0.25) is 10.1 Å². The zero-order chi connectivity index (χ0) is 11.6. The van der Waals surface area contributed by atoms with Crippen molar-refractivity contribution in [2.45, 2.75) is 13.8 Å². The molecule has 0 aromatic carbocycles. The van der Waals surface area contributed by atoms with Crippen molar-refractivity contribution in [1.82, 2.24) is 0 Å². The number of hydrogen-bond acceptors (Lipinski definition) is 4. The van der Waals surface area contributed by atoms with E-state index in [0.29, 0.717) is 4.73 Å². The Hall–Kier alpha value is -2.18. The minimum atomic E-state index is -0.610. The van der Waals surface area contributed by atoms with E-state index < -0.39 is 10.8 Å². The lowest BCUT2D eigenvalue weighted by atomic mass is 10.2. The van der Waals surface area contributed by atoms with Gasteiger partial charge in [0.1, 0.15) is 12.3 Å². The summed E-state index contributed by atoms with van der Waals surface area (Å²) in [5.41, 5.74) is 0.0370. The average Bonchev–Trinajstić information content (AvgIpc) is 2.08. The van der Waals surface area contributed by atoms with Crippen molar-refractivity contribution in [3.63, 3.8) is 0 Å². The van der Waals surface area contributed by atoms with E-state index in [9.17, 15) is 20.1 Å². The molecule has 0 saturated heterocycles. The molecule has 7 heteroatoms. The molecule has 80 valence electrons. The first kappa shape index (κ1) is 10.9. The van der Waals surface area contributed by atoms with E-state index in [4.69, 9.17) is 0 Å². The number of carbonyl (C=O) groups excluding carboxylic acids is 1. The average molecular weight is 211 g/mol. The van der Waals surface area contributed by atoms with Crippen LogP contribution in [0.5, 0.6) is 0 Å². The lowest BCUT2D eigenvalue weighted by Crippen LogP contribution is -2.32. The zero-order valence-electron chi connectivity index (χ0n) is 8.18. The van der Waals surface area contributed by atoms with E-state index in [1.54, 1.807) is 0 Å². The molecule has 1 aromatic heterocycles. The fourth-order valence-electron chi connectivity index (χ4n) is 1.09. The molecule has 0 saturated carbocycles. The van der Waals surface area contributed by atoms with E-state index in [1.807, 2.05) is 0 Å². The van der Waals surface area contributed by atoms with Gasteiger partial charge in [0.2, 0.25) is 0 Å². The van der Waals surface area contributed by atoms with E-state index in [1.165, 1.54) is 13.8 Å². The predicted molar refractivity (Wildman–Crippen MR) is 51.1 cm³/mol. The quantitative estimate of drug-likeness (QED) is 0.333. The Kier molecular flexibility index (Phi) is 2.84. The summed E-state index contributed by atoms with van der Waals surface area (Å²) >= 11 is 0. The number of anilines is 1. The largest absolute Gasteiger partial charge is 0.711 e. The predicted octanol–water partition coefficient (Wildman–Crippen LogP) is 0.495. The Bertz CT molecular complexity index is 430. The van der Waals surface area contributed by atoms with Gasteiger partial charge in [-0.2, -0.15) is 0 Å². The van der Waals surface area contributed by atoms with Gasteiger partial charge in [-0.05, 0) is 6.92 Å². The van der Waals surface area contributed by atoms with Gasteiger partial charge in [0.25, 0.3) is 11.5 Å². The Morgan fingerprint density at radius 1 is 1.60 bits per heavy atom. The first-order chi connectivity index (χ1) is 6.91. The summed E-state index contributed by atoms with van der Waals surface area (Å²) < 4.78 is 0.379. The standard InChI is InChI=1S/C8H9N3O4/c1-5-4-10(13)8(9-6(2)12)3-7(5)11(14)15/h3-4H,1-2H3,(H,9,12). The molecule has 0 radical (unpaired) electrons. The lowest BCUT2D eigenvalue weighted by molar-refractivity contribution is -0.591. The molecule has 0 aliphatic heterocycles. The number of rotatable bonds is 2. The molecular formula is C8H9N3O4. The number of nitrogens with one attached hydrogen (secondary N) is 1. The zero-order valence-corrected chi connectivity index (χ0v) is 8.18. The minimum absolute atomic E-state index is 0.153. The van der Waals surface area contributed by atoms with E-state index in [0.717, 1.165) is 12.3 Å². The second-order valence-corrected chi connectivity index (χ2v) is 2.99. The van der Waals surface area contributed by atoms with Gasteiger partial charge in [0, 0.05) is 6.92 Å². The van der Waals surface area contributed by atoms with Gasteiger partial charge in [-0.15, -0.1) is 0 Å². The molecule has 0 unspecified atom stereocenters. The van der Waals surface area contributed by atoms with Crippen molar-refractivity contribution in [2.24, 2.45) is 0 Å². The van der Waals surface area contributed by atoms with Gasteiger partial charge in [-0.25, -0.2) is 14.8 Å². The maximum Gasteiger partial charge on any atom is 0.304 e. The fourth-order valence-corrected chi connectivity index (χ4v) is 1.09. The van der Waals surface area contributed by atoms with Crippen molar-refractivity contribution < 1.29 is 14.4 Å². The number of carbonyl (C=O) groups is 1. The third-order valence-corrected chi connectivity index (χ3v) is 1.73. The van der Waals surface area contributed by atoms with E-state index in [2.05, 4.69) is 5.32 Å². The molecule has 1 heterocycles. The second kappa shape index (κ2) is 3.91. The molecule has 0 atom stereocenters. The number of nitro groups is 1. The molecule has 1 rings (SSSR count). The molecule has 1 aromatic rings. The summed E-state index contributed by atoms with van der Waals surface area (Å²) in [5.74, 6) is -0.613. The summed E-state index contributed by atoms with van der Waals surface area (Å²) in [7, 11) is 0. The first-order valence-electron chi connectivity index (χ1n) is 4.07. The molecule has 15 heavy (non-hydrogen) atoms. The molecule has 1 amide bonds. The van der Waals surface area contributed by atoms with E-state index >= 15 is 0 Å². The second-order valence-electron chi connectivity index (χ2n) is 2.99. The lowest BCUT2D eigenvalue weighted by Gasteiger charge is -2.07. The van der Waals surface area contributed by atoms with Crippen LogP contribution in [0.15, 0.2) is 12.3 Å². The van der Waals surface area contributed by atoms with Gasteiger partial charge in [-0.1, -0.05) is 0 Å². The smallest absolute Gasteiger partial charge is 0.304 e. The van der Waals surface area contributed by atoms with Crippen molar-refractivity contribution in [1.29, 1.82) is 0 Å². The minimum Gasteiger partial charge on any atom is -0.711 e. The van der Waals surface area contributed by atoms with Crippen LogP contribution in [0.3, 0.4) is 0 Å². The van der Waals surface area contributed by atoms with Gasteiger partial charge < -0.3 is 5.21 Å². The number of aromatic nitrogens is 1. The highest BCUT2D eigenvalue weighted by atomic mass is 16.6. The summed E-state index contributed by atoms with van der Waals surface area (Å²) in [5, 5.41) is 24.0. The number of aryl methyl sites for hydroxylation is 1. The molecule has 1 N–H and O–H groups in total. The topological polar surface area (TPSA) is 99.2 Å². The maximum absolute atomic E-state index is 11.2. The van der Waals surface area contributed by atoms with Crippen LogP contribution in [0, 0.1) is 22.2 Å². The highest BCUT2D eigenvalue weighted by Gasteiger charge is 2.18. The van der Waals surface area contributed by atoms with Crippen LogP contribution >= 0.6 is 0 Å². The highest BCUT2D eigenvalue weighted by molar-refractivity contribution is 5.87. The summed E-state index contributed by atoms with van der Waals surface area (Å²) in [6.45, 7) is 2.66. The molecular weight excluding hydrogens is 202 g/mol. The molecule has 0 aliphatic carbocycles. The van der Waals surface area contributed by atoms with Crippen LogP contribution in [-0.4, -0.2) is 10.8 Å². The van der Waals surface area contributed by atoms with Crippen LogP contribution in [0.25, 0.3) is 0 Å². The Morgan fingerprint density at radius 3 is 2.67 bits per heavy atom. The third-order valence-electron chi connectivity index (χ3n) is 1.73. The molecule has 0 aliphatic rings. The SMILES string of the molecule is CC(=O)Nc1cc([N+](=O)[O-])c(C)c[n+]1[O-]. The molecule has 0 bridgehead atoms. The van der Waals surface area contributed by atoms with Gasteiger partial charge in [0.05, 0.1) is 10.5 Å². The van der Waals surface area contributed by atoms with Crippen molar-refractivity contribution in [3.8, 4) is 0 Å². The Balaban J connectivity index is 3.23. The first-order valence-corrected chi connectivity index (χ1v) is 4.07. The van der Waals surface area contributed by atoms with Crippen LogP contribution < -0.4 is 10.0 Å². The normalized spacial score (nSPS) is 9.73. The maximum atomic E-state index is 11.2. The van der Waals surface area contributed by atoms with Crippen molar-refractivity contribution in [2.75, 3.05) is 5.32 Å². The van der Waals surface area contributed by atoms with Gasteiger partial charge in [0.15, 0.2) is 0 Å². The summed E-state index contributed by atoms with van der Waals surface area (Å²) in [6.07, 6.45) is 1.05. The van der Waals surface area contributed by atoms with Crippen LogP contribution in [0.2, 0.25) is 0 Å². The number of pyridine rings is 1. The van der Waals surface area contributed by atoms with Crippen LogP contribution in [-0.2, 0) is 4.79 Å². The van der Waals surface area contributed by atoms with E-state index in [-0.39, 0.29) is 17.1 Å². The number of amides is 1. The Morgan fingerprint density at radius 2 is 2.20 bits per heavy atom. The molecule has 0 spiro atoms. The Labute approximate surface area is 85.1 Å². The summed E-state index contributed by atoms with van der Waals surface area (Å²) in [4.78, 5) is 20.6. The van der Waals surface area contributed by atoms with Crippen LogP contribution in [0.4, 0.5) is 11.5 Å². The van der Waals surface area contributed by atoms with Crippen molar-refractivity contribution in [3.05, 3.63) is 33.1 Å². The molecule has 0 fully saturated rings. The summed E-state index contributed by atoms with van der Waals surface area (Å²) in [6, 6.07) is 1.03. The highest BCUT2D eigenvalue weighted by Crippen LogP contribution is 2.18. The van der Waals surface area contributed by atoms with Gasteiger partial charge >= 0.3 is 5.91 Å². The van der Waals surface area contributed by atoms with Crippen molar-refractivity contribution >= 4 is 17.4 Å². The molecule has 7 nitrogen and oxygen atoms in total. The number of hydrogen-bond donors (Lipinski definition) is 1.